The SMILES string of the molecule is COc1cn(-c2ccc(F)cc2)nc1C(=O)Nc1nnc(SCc2cccc(C)c2)s1. The number of ether oxygens (including phenoxy) is 1. The van der Waals surface area contributed by atoms with Crippen LogP contribution >= 0.6 is 23.1 Å². The summed E-state index contributed by atoms with van der Waals surface area (Å²) in [5.41, 5.74) is 3.10. The van der Waals surface area contributed by atoms with Gasteiger partial charge in [0, 0.05) is 5.75 Å². The Balaban J connectivity index is 1.44. The number of hydrogen-bond acceptors (Lipinski definition) is 7. The summed E-state index contributed by atoms with van der Waals surface area (Å²) in [6.45, 7) is 2.05. The lowest BCUT2D eigenvalue weighted by atomic mass is 10.2. The Morgan fingerprint density at radius 1 is 1.23 bits per heavy atom. The monoisotopic (exact) mass is 455 g/mol. The van der Waals surface area contributed by atoms with Crippen molar-refractivity contribution in [1.29, 1.82) is 0 Å². The van der Waals surface area contributed by atoms with Crippen molar-refractivity contribution in [2.45, 2.75) is 17.0 Å². The van der Waals surface area contributed by atoms with Crippen LogP contribution in [0.2, 0.25) is 0 Å². The molecule has 0 bridgehead atoms. The van der Waals surface area contributed by atoms with Gasteiger partial charge in [0.1, 0.15) is 5.82 Å². The van der Waals surface area contributed by atoms with Gasteiger partial charge < -0.3 is 4.74 Å². The highest BCUT2D eigenvalue weighted by Gasteiger charge is 2.20. The lowest BCUT2D eigenvalue weighted by Gasteiger charge is -2.01. The fraction of sp³-hybridized carbons (Fsp3) is 0.143. The van der Waals surface area contributed by atoms with Crippen molar-refractivity contribution < 1.29 is 13.9 Å². The van der Waals surface area contributed by atoms with Gasteiger partial charge in [0.05, 0.1) is 19.0 Å². The van der Waals surface area contributed by atoms with E-state index in [1.54, 1.807) is 30.1 Å². The number of nitrogens with zero attached hydrogens (tertiary/aromatic N) is 4. The van der Waals surface area contributed by atoms with E-state index in [2.05, 4.69) is 45.7 Å². The van der Waals surface area contributed by atoms with Crippen LogP contribution in [-0.4, -0.2) is 33.0 Å². The van der Waals surface area contributed by atoms with Gasteiger partial charge in [-0.1, -0.05) is 52.9 Å². The number of rotatable bonds is 7. The Morgan fingerprint density at radius 2 is 2.03 bits per heavy atom. The van der Waals surface area contributed by atoms with Crippen LogP contribution in [0.5, 0.6) is 5.75 Å². The molecule has 31 heavy (non-hydrogen) atoms. The van der Waals surface area contributed by atoms with Gasteiger partial charge in [-0.2, -0.15) is 5.10 Å². The van der Waals surface area contributed by atoms with Crippen molar-refractivity contribution in [2.24, 2.45) is 0 Å². The highest BCUT2D eigenvalue weighted by molar-refractivity contribution is 8.00. The van der Waals surface area contributed by atoms with Gasteiger partial charge in [-0.3, -0.25) is 10.1 Å². The number of carbonyl (C=O) groups excluding carboxylic acids is 1. The maximum atomic E-state index is 13.2. The minimum absolute atomic E-state index is 0.0935. The fourth-order valence-electron chi connectivity index (χ4n) is 2.81. The molecule has 0 atom stereocenters. The Kier molecular flexibility index (Phi) is 6.28. The number of thioether (sulfide) groups is 1. The largest absolute Gasteiger partial charge is 0.493 e. The van der Waals surface area contributed by atoms with E-state index < -0.39 is 5.91 Å². The molecule has 4 aromatic rings. The maximum absolute atomic E-state index is 13.2. The molecule has 2 aromatic heterocycles. The standard InChI is InChI=1S/C21H18FN5O2S2/c1-13-4-3-5-14(10-13)12-30-21-25-24-20(31-21)23-19(28)18-17(29-2)11-27(26-18)16-8-6-15(22)7-9-16/h3-11H,12H2,1-2H3,(H,23,24,28). The number of aromatic nitrogens is 4. The Labute approximate surface area is 186 Å². The molecule has 0 fully saturated rings. The summed E-state index contributed by atoms with van der Waals surface area (Å²) >= 11 is 2.84. The van der Waals surface area contributed by atoms with Crippen LogP contribution in [0.1, 0.15) is 21.6 Å². The van der Waals surface area contributed by atoms with E-state index in [9.17, 15) is 9.18 Å². The minimum atomic E-state index is -0.468. The first-order valence-corrected chi connectivity index (χ1v) is 11.0. The molecule has 0 aliphatic rings. The number of nitrogens with one attached hydrogen (secondary N) is 1. The molecular formula is C21H18FN5O2S2. The molecule has 1 N–H and O–H groups in total. The van der Waals surface area contributed by atoms with Crippen molar-refractivity contribution in [3.05, 3.63) is 77.4 Å². The average Bonchev–Trinajstić information content (AvgIpc) is 3.40. The van der Waals surface area contributed by atoms with Crippen molar-refractivity contribution in [3.8, 4) is 11.4 Å². The molecular weight excluding hydrogens is 437 g/mol. The number of carbonyl (C=O) groups is 1. The maximum Gasteiger partial charge on any atom is 0.281 e. The quantitative estimate of drug-likeness (QED) is 0.321. The molecule has 1 amide bonds. The van der Waals surface area contributed by atoms with Crippen molar-refractivity contribution in [2.75, 3.05) is 12.4 Å². The smallest absolute Gasteiger partial charge is 0.281 e. The first-order chi connectivity index (χ1) is 15.0. The second kappa shape index (κ2) is 9.27. The molecule has 158 valence electrons. The van der Waals surface area contributed by atoms with Gasteiger partial charge in [0.2, 0.25) is 5.13 Å². The summed E-state index contributed by atoms with van der Waals surface area (Å²) in [5.74, 6) is 0.234. The van der Waals surface area contributed by atoms with E-state index in [1.165, 1.54) is 46.4 Å². The lowest BCUT2D eigenvalue weighted by molar-refractivity contribution is 0.101. The van der Waals surface area contributed by atoms with E-state index in [0.717, 1.165) is 10.1 Å². The Morgan fingerprint density at radius 3 is 2.77 bits per heavy atom. The number of aryl methyl sites for hydroxylation is 1. The molecule has 0 spiro atoms. The summed E-state index contributed by atoms with van der Waals surface area (Å²) in [7, 11) is 1.45. The van der Waals surface area contributed by atoms with E-state index in [4.69, 9.17) is 4.74 Å². The van der Waals surface area contributed by atoms with Gasteiger partial charge in [-0.25, -0.2) is 9.07 Å². The minimum Gasteiger partial charge on any atom is -0.493 e. The van der Waals surface area contributed by atoms with Gasteiger partial charge in [-0.05, 0) is 36.8 Å². The summed E-state index contributed by atoms with van der Waals surface area (Å²) in [5, 5.41) is 15.5. The highest BCUT2D eigenvalue weighted by atomic mass is 32.2. The van der Waals surface area contributed by atoms with Crippen LogP contribution in [0.15, 0.2) is 59.1 Å². The third-order valence-electron chi connectivity index (χ3n) is 4.28. The molecule has 4 rings (SSSR count). The Bertz CT molecular complexity index is 1210. The van der Waals surface area contributed by atoms with Crippen LogP contribution < -0.4 is 10.1 Å². The molecule has 0 unspecified atom stereocenters. The molecule has 2 aromatic carbocycles. The first-order valence-electron chi connectivity index (χ1n) is 9.24. The normalized spacial score (nSPS) is 10.8. The van der Waals surface area contributed by atoms with Crippen LogP contribution in [0.25, 0.3) is 5.69 Å². The van der Waals surface area contributed by atoms with Crippen molar-refractivity contribution in [1.82, 2.24) is 20.0 Å². The molecule has 10 heteroatoms. The molecule has 0 saturated heterocycles. The van der Waals surface area contributed by atoms with Crippen LogP contribution in [0.4, 0.5) is 9.52 Å². The van der Waals surface area contributed by atoms with Gasteiger partial charge >= 0.3 is 0 Å². The van der Waals surface area contributed by atoms with E-state index in [-0.39, 0.29) is 11.5 Å². The summed E-state index contributed by atoms with van der Waals surface area (Å²) in [6.07, 6.45) is 1.56. The third-order valence-corrected chi connectivity index (χ3v) is 6.32. The van der Waals surface area contributed by atoms with Crippen LogP contribution in [-0.2, 0) is 5.75 Å². The molecule has 2 heterocycles. The number of halogens is 1. The first kappa shape index (κ1) is 21.0. The molecule has 0 aliphatic heterocycles. The predicted molar refractivity (Wildman–Crippen MR) is 119 cm³/mol. The summed E-state index contributed by atoms with van der Waals surface area (Å²) in [6, 6.07) is 14.0. The zero-order chi connectivity index (χ0) is 21.8. The van der Waals surface area contributed by atoms with Gasteiger partial charge in [-0.15, -0.1) is 10.2 Å². The van der Waals surface area contributed by atoms with Crippen LogP contribution in [0, 0.1) is 12.7 Å². The fourth-order valence-corrected chi connectivity index (χ4v) is 4.50. The molecule has 0 radical (unpaired) electrons. The highest BCUT2D eigenvalue weighted by Crippen LogP contribution is 2.29. The Hall–Kier alpha value is -3.24. The van der Waals surface area contributed by atoms with Crippen molar-refractivity contribution in [3.63, 3.8) is 0 Å². The predicted octanol–water partition coefficient (Wildman–Crippen LogP) is 4.72. The number of methoxy groups -OCH3 is 1. The molecule has 7 nitrogen and oxygen atoms in total. The number of benzene rings is 2. The second-order valence-corrected chi connectivity index (χ2v) is 8.77. The molecule has 0 saturated carbocycles. The zero-order valence-corrected chi connectivity index (χ0v) is 18.3. The van der Waals surface area contributed by atoms with E-state index in [0.29, 0.717) is 16.6 Å². The van der Waals surface area contributed by atoms with Gasteiger partial charge in [0.25, 0.3) is 5.91 Å². The second-order valence-electron chi connectivity index (χ2n) is 6.57. The number of anilines is 1. The average molecular weight is 456 g/mol. The third kappa shape index (κ3) is 5.09. The van der Waals surface area contributed by atoms with Gasteiger partial charge in [0.15, 0.2) is 15.8 Å². The molecule has 0 aliphatic carbocycles. The zero-order valence-electron chi connectivity index (χ0n) is 16.7. The van der Waals surface area contributed by atoms with Crippen LogP contribution in [0.3, 0.4) is 0 Å². The van der Waals surface area contributed by atoms with Crippen molar-refractivity contribution >= 4 is 34.1 Å². The number of hydrogen-bond donors (Lipinski definition) is 1. The van der Waals surface area contributed by atoms with E-state index in [1.807, 2.05) is 6.07 Å². The topological polar surface area (TPSA) is 81.9 Å². The van der Waals surface area contributed by atoms with E-state index >= 15 is 0 Å². The summed E-state index contributed by atoms with van der Waals surface area (Å²) in [4.78, 5) is 12.7. The lowest BCUT2D eigenvalue weighted by Crippen LogP contribution is -2.14. The number of amides is 1. The summed E-state index contributed by atoms with van der Waals surface area (Å²) < 4.78 is 20.6.